The highest BCUT2D eigenvalue weighted by molar-refractivity contribution is 5.56. The molecular formula is C27H26N4O2. The van der Waals surface area contributed by atoms with Crippen molar-refractivity contribution in [1.82, 2.24) is 15.2 Å². The molecule has 2 bridgehead atoms. The normalized spacial score (nSPS) is 23.6. The van der Waals surface area contributed by atoms with Crippen molar-refractivity contribution < 1.29 is 9.15 Å². The van der Waals surface area contributed by atoms with Crippen molar-refractivity contribution in [2.24, 2.45) is 11.8 Å². The predicted octanol–water partition coefficient (Wildman–Crippen LogP) is 5.40. The molecule has 1 unspecified atom stereocenters. The fourth-order valence-electron chi connectivity index (χ4n) is 5.95. The Kier molecular flexibility index (Phi) is 4.86. The second kappa shape index (κ2) is 8.03. The summed E-state index contributed by atoms with van der Waals surface area (Å²) in [6.07, 6.45) is 6.92. The largest absolute Gasteiger partial charge is 0.487 e. The summed E-state index contributed by atoms with van der Waals surface area (Å²) in [4.78, 5) is 4.33. The van der Waals surface area contributed by atoms with Crippen molar-refractivity contribution in [2.75, 3.05) is 5.73 Å². The van der Waals surface area contributed by atoms with Gasteiger partial charge in [0.25, 0.3) is 0 Å². The first-order valence-corrected chi connectivity index (χ1v) is 11.5. The van der Waals surface area contributed by atoms with E-state index in [0.29, 0.717) is 18.4 Å². The summed E-state index contributed by atoms with van der Waals surface area (Å²) in [6.45, 7) is 0.470. The second-order valence-electron chi connectivity index (χ2n) is 9.21. The lowest BCUT2D eigenvalue weighted by atomic mass is 9.64. The monoisotopic (exact) mass is 438 g/mol. The van der Waals surface area contributed by atoms with E-state index in [1.165, 1.54) is 36.8 Å². The molecule has 4 aromatic rings. The van der Waals surface area contributed by atoms with Gasteiger partial charge in [0.2, 0.25) is 5.89 Å². The van der Waals surface area contributed by atoms with Crippen LogP contribution in [0.5, 0.6) is 5.75 Å². The third-order valence-corrected chi connectivity index (χ3v) is 7.42. The molecule has 3 atom stereocenters. The van der Waals surface area contributed by atoms with Crippen LogP contribution in [0, 0.1) is 11.8 Å². The second-order valence-corrected chi connectivity index (χ2v) is 9.21. The van der Waals surface area contributed by atoms with E-state index < -0.39 is 0 Å². The Morgan fingerprint density at radius 1 is 0.939 bits per heavy atom. The minimum Gasteiger partial charge on any atom is -0.487 e. The van der Waals surface area contributed by atoms with Crippen LogP contribution >= 0.6 is 0 Å². The smallest absolute Gasteiger partial charge is 0.313 e. The van der Waals surface area contributed by atoms with Gasteiger partial charge in [0, 0.05) is 17.2 Å². The fraction of sp³-hybridized carbons (Fsp3) is 0.296. The average Bonchev–Trinajstić information content (AvgIpc) is 3.61. The minimum absolute atomic E-state index is 0.0365. The van der Waals surface area contributed by atoms with Crippen molar-refractivity contribution in [3.05, 3.63) is 89.7 Å². The van der Waals surface area contributed by atoms with E-state index in [1.807, 2.05) is 18.2 Å². The van der Waals surface area contributed by atoms with Crippen molar-refractivity contribution in [3.63, 3.8) is 0 Å². The van der Waals surface area contributed by atoms with Crippen molar-refractivity contribution in [1.29, 1.82) is 0 Å². The Morgan fingerprint density at radius 2 is 1.73 bits per heavy atom. The summed E-state index contributed by atoms with van der Waals surface area (Å²) >= 11 is 0. The first-order chi connectivity index (χ1) is 16.2. The van der Waals surface area contributed by atoms with E-state index in [1.54, 1.807) is 6.20 Å². The van der Waals surface area contributed by atoms with Gasteiger partial charge in [0.1, 0.15) is 12.4 Å². The molecule has 2 N–H and O–H groups in total. The van der Waals surface area contributed by atoms with Gasteiger partial charge >= 0.3 is 6.01 Å². The number of anilines is 1. The minimum atomic E-state index is 0.0365. The number of rotatable bonds is 6. The third kappa shape index (κ3) is 3.55. The highest BCUT2D eigenvalue weighted by Crippen LogP contribution is 2.60. The summed E-state index contributed by atoms with van der Waals surface area (Å²) in [7, 11) is 0. The third-order valence-electron chi connectivity index (χ3n) is 7.42. The first kappa shape index (κ1) is 20.0. The molecule has 2 fully saturated rings. The SMILES string of the molecule is Nc1nnc(-c2ccc([C@]3(c4ccc(OCc5ccccn5)cc4)CC4CC[C@@H]3C4)cc2)o1. The van der Waals surface area contributed by atoms with Crippen LogP contribution in [-0.4, -0.2) is 15.2 Å². The lowest BCUT2D eigenvalue weighted by molar-refractivity contribution is 0.299. The van der Waals surface area contributed by atoms with Crippen LogP contribution in [0.4, 0.5) is 6.01 Å². The van der Waals surface area contributed by atoms with Crippen LogP contribution in [0.1, 0.15) is 42.5 Å². The van der Waals surface area contributed by atoms with Crippen LogP contribution < -0.4 is 10.5 Å². The van der Waals surface area contributed by atoms with Crippen LogP contribution in [0.25, 0.3) is 11.5 Å². The van der Waals surface area contributed by atoms with Gasteiger partial charge in [-0.1, -0.05) is 41.9 Å². The molecule has 2 aromatic carbocycles. The molecule has 2 aromatic heterocycles. The van der Waals surface area contributed by atoms with E-state index in [-0.39, 0.29) is 11.4 Å². The number of ether oxygens (including phenoxy) is 1. The van der Waals surface area contributed by atoms with E-state index in [9.17, 15) is 0 Å². The van der Waals surface area contributed by atoms with Crippen molar-refractivity contribution in [2.45, 2.75) is 37.7 Å². The van der Waals surface area contributed by atoms with E-state index in [0.717, 1.165) is 22.9 Å². The standard InChI is InChI=1S/C27H26N4O2/c28-26-31-30-25(33-26)19-5-8-20(9-6-19)27(16-18-4-7-22(27)15-18)21-10-12-24(13-11-21)32-17-23-3-1-2-14-29-23/h1-3,5-6,8-14,18,22H,4,7,15-17H2,(H2,28,31)/t18?,22-,27+/m1/s1. The van der Waals surface area contributed by atoms with E-state index in [4.69, 9.17) is 14.9 Å². The molecule has 2 heterocycles. The highest BCUT2D eigenvalue weighted by atomic mass is 16.5. The average molecular weight is 439 g/mol. The van der Waals surface area contributed by atoms with Crippen molar-refractivity contribution >= 4 is 6.01 Å². The zero-order valence-corrected chi connectivity index (χ0v) is 18.4. The van der Waals surface area contributed by atoms with Gasteiger partial charge in [0.15, 0.2) is 0 Å². The van der Waals surface area contributed by atoms with Crippen LogP contribution in [0.2, 0.25) is 0 Å². The molecule has 166 valence electrons. The lowest BCUT2D eigenvalue weighted by Crippen LogP contribution is -2.34. The molecule has 2 aliphatic carbocycles. The van der Waals surface area contributed by atoms with E-state index >= 15 is 0 Å². The number of fused-ring (bicyclic) bond motifs is 2. The van der Waals surface area contributed by atoms with Gasteiger partial charge < -0.3 is 14.9 Å². The summed E-state index contributed by atoms with van der Waals surface area (Å²) in [5.74, 6) is 2.78. The number of hydrogen-bond donors (Lipinski definition) is 1. The molecule has 2 saturated carbocycles. The number of benzene rings is 2. The molecule has 2 aliphatic rings. The van der Waals surface area contributed by atoms with Gasteiger partial charge in [-0.15, -0.1) is 5.10 Å². The number of pyridine rings is 1. The molecule has 6 heteroatoms. The van der Waals surface area contributed by atoms with E-state index in [2.05, 4.69) is 63.7 Å². The number of nitrogens with zero attached hydrogens (tertiary/aromatic N) is 3. The zero-order valence-electron chi connectivity index (χ0n) is 18.4. The zero-order chi connectivity index (χ0) is 22.3. The summed E-state index contributed by atoms with van der Waals surface area (Å²) in [5.41, 5.74) is 10.2. The maximum atomic E-state index is 5.98. The topological polar surface area (TPSA) is 87.1 Å². The maximum Gasteiger partial charge on any atom is 0.313 e. The number of nitrogen functional groups attached to an aromatic ring is 1. The Hall–Kier alpha value is -3.67. The van der Waals surface area contributed by atoms with Gasteiger partial charge in [-0.25, -0.2) is 0 Å². The molecule has 0 spiro atoms. The van der Waals surface area contributed by atoms with Gasteiger partial charge in [-0.3, -0.25) is 4.98 Å². The number of nitrogens with two attached hydrogens (primary N) is 1. The van der Waals surface area contributed by atoms with Gasteiger partial charge in [-0.05, 0) is 78.6 Å². The molecular weight excluding hydrogens is 412 g/mol. The fourth-order valence-corrected chi connectivity index (χ4v) is 5.95. The molecule has 0 amide bonds. The molecule has 6 nitrogen and oxygen atoms in total. The molecule has 6 rings (SSSR count). The Balaban J connectivity index is 1.29. The number of hydrogen-bond acceptors (Lipinski definition) is 6. The van der Waals surface area contributed by atoms with Crippen LogP contribution in [0.15, 0.2) is 77.3 Å². The van der Waals surface area contributed by atoms with Crippen molar-refractivity contribution in [3.8, 4) is 17.2 Å². The first-order valence-electron chi connectivity index (χ1n) is 11.5. The number of aromatic nitrogens is 3. The Morgan fingerprint density at radius 3 is 2.33 bits per heavy atom. The molecule has 33 heavy (non-hydrogen) atoms. The molecule has 0 radical (unpaired) electrons. The quantitative estimate of drug-likeness (QED) is 0.434. The predicted molar refractivity (Wildman–Crippen MR) is 125 cm³/mol. The summed E-state index contributed by atoms with van der Waals surface area (Å²) in [6, 6.07) is 23.2. The lowest BCUT2D eigenvalue weighted by Gasteiger charge is -2.39. The highest BCUT2D eigenvalue weighted by Gasteiger charge is 2.52. The summed E-state index contributed by atoms with van der Waals surface area (Å²) < 4.78 is 11.4. The Bertz CT molecular complexity index is 1240. The molecule has 0 saturated heterocycles. The van der Waals surface area contributed by atoms with Crippen LogP contribution in [0.3, 0.4) is 0 Å². The molecule has 0 aliphatic heterocycles. The van der Waals surface area contributed by atoms with Gasteiger partial charge in [0.05, 0.1) is 5.69 Å². The maximum absolute atomic E-state index is 5.98. The Labute approximate surface area is 192 Å². The van der Waals surface area contributed by atoms with Gasteiger partial charge in [-0.2, -0.15) is 0 Å². The summed E-state index contributed by atoms with van der Waals surface area (Å²) in [5, 5.41) is 7.79. The van der Waals surface area contributed by atoms with Crippen LogP contribution in [-0.2, 0) is 12.0 Å².